The Balaban J connectivity index is 1.62. The summed E-state index contributed by atoms with van der Waals surface area (Å²) in [6.07, 6.45) is 0. The van der Waals surface area contributed by atoms with E-state index >= 15 is 0 Å². The van der Waals surface area contributed by atoms with Crippen molar-refractivity contribution in [2.45, 2.75) is 0 Å². The summed E-state index contributed by atoms with van der Waals surface area (Å²) in [5, 5.41) is 12.0. The summed E-state index contributed by atoms with van der Waals surface area (Å²) in [5.74, 6) is 0. The van der Waals surface area contributed by atoms with Gasteiger partial charge in [0.05, 0.1) is 16.6 Å². The Bertz CT molecular complexity index is 2540. The molecule has 0 unspecified atom stereocenters. The molecule has 0 atom stereocenters. The molecule has 7 aromatic carbocycles. The van der Waals surface area contributed by atoms with E-state index in [0.717, 1.165) is 27.6 Å². The highest BCUT2D eigenvalue weighted by Crippen LogP contribution is 2.48. The summed E-state index contributed by atoms with van der Waals surface area (Å²) >= 11 is 7.02. The van der Waals surface area contributed by atoms with Crippen LogP contribution in [-0.4, -0.2) is 9.38 Å². The number of nitrogens with zero attached hydrogens (tertiary/aromatic N) is 2. The first-order chi connectivity index (χ1) is 21.2. The number of aromatic nitrogens is 2. The van der Waals surface area contributed by atoms with Crippen molar-refractivity contribution < 1.29 is 0 Å². The Morgan fingerprint density at radius 2 is 1.07 bits per heavy atom. The van der Waals surface area contributed by atoms with Crippen LogP contribution in [0.25, 0.3) is 59.9 Å². The van der Waals surface area contributed by atoms with Crippen LogP contribution < -0.4 is 15.9 Å². The van der Waals surface area contributed by atoms with Gasteiger partial charge in [-0.25, -0.2) is 4.98 Å². The SMILES string of the molecule is S=P(c1ccccc1)(c1ccccc1)c1cc2ccccc2c2c1c1cc3ccccc3cc1n1c3ccccc3nc21. The molecule has 0 spiro atoms. The summed E-state index contributed by atoms with van der Waals surface area (Å²) in [5.41, 5.74) is 4.22. The molecule has 0 aliphatic rings. The molecule has 2 nitrogen and oxygen atoms in total. The minimum atomic E-state index is -2.51. The quantitative estimate of drug-likeness (QED) is 0.117. The van der Waals surface area contributed by atoms with E-state index < -0.39 is 6.04 Å². The average Bonchev–Trinajstić information content (AvgIpc) is 3.47. The second-order valence-electron chi connectivity index (χ2n) is 11.1. The Hall–Kier alpha value is -4.82. The first-order valence-electron chi connectivity index (χ1n) is 14.5. The smallest absolute Gasteiger partial charge is 0.147 e. The van der Waals surface area contributed by atoms with E-state index in [4.69, 9.17) is 16.8 Å². The van der Waals surface area contributed by atoms with Gasteiger partial charge in [-0.3, -0.25) is 4.40 Å². The number of para-hydroxylation sites is 2. The fourth-order valence-electron chi connectivity index (χ4n) is 6.84. The third-order valence-corrected chi connectivity index (χ3v) is 13.7. The van der Waals surface area contributed by atoms with Gasteiger partial charge in [0.1, 0.15) is 5.65 Å². The van der Waals surface area contributed by atoms with Crippen LogP contribution in [0.15, 0.2) is 152 Å². The maximum atomic E-state index is 7.02. The summed E-state index contributed by atoms with van der Waals surface area (Å²) in [7, 11) is 0. The molecule has 202 valence electrons. The maximum Gasteiger partial charge on any atom is 0.147 e. The number of rotatable bonds is 3. The highest BCUT2D eigenvalue weighted by molar-refractivity contribution is 8.25. The third-order valence-electron chi connectivity index (χ3n) is 8.77. The normalized spacial score (nSPS) is 12.3. The molecule has 0 amide bonds. The molecule has 0 aliphatic carbocycles. The van der Waals surface area contributed by atoms with Gasteiger partial charge < -0.3 is 0 Å². The van der Waals surface area contributed by atoms with E-state index in [1.165, 1.54) is 48.2 Å². The monoisotopic (exact) mass is 584 g/mol. The number of pyridine rings is 1. The van der Waals surface area contributed by atoms with E-state index in [1.54, 1.807) is 0 Å². The van der Waals surface area contributed by atoms with Crippen molar-refractivity contribution in [1.82, 2.24) is 9.38 Å². The third kappa shape index (κ3) is 3.53. The van der Waals surface area contributed by atoms with E-state index in [1.807, 2.05) is 0 Å². The second kappa shape index (κ2) is 9.34. The van der Waals surface area contributed by atoms with Gasteiger partial charge in [0, 0.05) is 27.5 Å². The average molecular weight is 585 g/mol. The highest BCUT2D eigenvalue weighted by Gasteiger charge is 2.30. The van der Waals surface area contributed by atoms with Gasteiger partial charge in [-0.05, 0) is 62.5 Å². The summed E-state index contributed by atoms with van der Waals surface area (Å²) in [6, 6.07) is 51.9. The Morgan fingerprint density at radius 1 is 0.488 bits per heavy atom. The van der Waals surface area contributed by atoms with Gasteiger partial charge in [0.2, 0.25) is 0 Å². The summed E-state index contributed by atoms with van der Waals surface area (Å²) in [4.78, 5) is 5.33. The lowest BCUT2D eigenvalue weighted by molar-refractivity contribution is 1.32. The summed E-state index contributed by atoms with van der Waals surface area (Å²) in [6.45, 7) is 0. The molecule has 0 fully saturated rings. The van der Waals surface area contributed by atoms with Crippen LogP contribution in [0.5, 0.6) is 0 Å². The van der Waals surface area contributed by atoms with Crippen LogP contribution in [0.1, 0.15) is 0 Å². The fraction of sp³-hybridized carbons (Fsp3) is 0. The molecule has 9 aromatic rings. The molecular formula is C39H25N2PS. The number of imidazole rings is 1. The first-order valence-corrected chi connectivity index (χ1v) is 17.3. The first kappa shape index (κ1) is 24.7. The van der Waals surface area contributed by atoms with Crippen molar-refractivity contribution in [1.29, 1.82) is 0 Å². The van der Waals surface area contributed by atoms with Gasteiger partial charge in [-0.1, -0.05) is 133 Å². The number of hydrogen-bond donors (Lipinski definition) is 0. The minimum absolute atomic E-state index is 0.972. The van der Waals surface area contributed by atoms with Crippen LogP contribution >= 0.6 is 6.04 Å². The van der Waals surface area contributed by atoms with Crippen molar-refractivity contribution in [2.75, 3.05) is 0 Å². The predicted octanol–water partition coefficient (Wildman–Crippen LogP) is 8.86. The summed E-state index contributed by atoms with van der Waals surface area (Å²) < 4.78 is 2.37. The lowest BCUT2D eigenvalue weighted by Gasteiger charge is -2.27. The van der Waals surface area contributed by atoms with Gasteiger partial charge in [-0.2, -0.15) is 0 Å². The van der Waals surface area contributed by atoms with Gasteiger partial charge >= 0.3 is 0 Å². The van der Waals surface area contributed by atoms with Crippen LogP contribution in [0.2, 0.25) is 0 Å². The molecule has 0 N–H and O–H groups in total. The van der Waals surface area contributed by atoms with Crippen molar-refractivity contribution in [2.24, 2.45) is 0 Å². The Kier molecular flexibility index (Phi) is 5.38. The van der Waals surface area contributed by atoms with Gasteiger partial charge in [0.25, 0.3) is 0 Å². The van der Waals surface area contributed by atoms with Crippen LogP contribution in [0, 0.1) is 0 Å². The molecule has 2 aromatic heterocycles. The molecule has 4 heteroatoms. The highest BCUT2D eigenvalue weighted by atomic mass is 32.4. The standard InChI is InChI=1S/C39H25N2PS/c43-42(29-16-3-1-4-17-29,30-18-5-2-6-19-30)36-25-28-15-9-10-20-31(28)38-37(36)32-23-26-13-7-8-14-27(26)24-35(32)41-34-22-12-11-21-33(34)40-39(38)41/h1-25H. The molecule has 9 rings (SSSR count). The Morgan fingerprint density at radius 3 is 1.79 bits per heavy atom. The van der Waals surface area contributed by atoms with Crippen LogP contribution in [-0.2, 0) is 11.8 Å². The maximum absolute atomic E-state index is 7.02. The predicted molar refractivity (Wildman–Crippen MR) is 189 cm³/mol. The minimum Gasteiger partial charge on any atom is -0.292 e. The zero-order chi connectivity index (χ0) is 28.5. The zero-order valence-electron chi connectivity index (χ0n) is 23.2. The van der Waals surface area contributed by atoms with Crippen molar-refractivity contribution >= 4 is 93.7 Å². The molecule has 0 bridgehead atoms. The molecule has 0 saturated heterocycles. The fourth-order valence-corrected chi connectivity index (χ4v) is 10.9. The zero-order valence-corrected chi connectivity index (χ0v) is 24.9. The van der Waals surface area contributed by atoms with Gasteiger partial charge in [-0.15, -0.1) is 0 Å². The molecule has 2 heterocycles. The number of fused-ring (bicyclic) bond motifs is 11. The van der Waals surface area contributed by atoms with E-state index in [2.05, 4.69) is 156 Å². The lowest BCUT2D eigenvalue weighted by Crippen LogP contribution is -2.25. The second-order valence-corrected chi connectivity index (χ2v) is 15.5. The molecular weight excluding hydrogens is 559 g/mol. The van der Waals surface area contributed by atoms with Crippen LogP contribution in [0.4, 0.5) is 0 Å². The molecule has 0 radical (unpaired) electrons. The van der Waals surface area contributed by atoms with Crippen molar-refractivity contribution in [3.05, 3.63) is 152 Å². The van der Waals surface area contributed by atoms with E-state index in [9.17, 15) is 0 Å². The lowest BCUT2D eigenvalue weighted by atomic mass is 9.97. The molecule has 0 aliphatic heterocycles. The van der Waals surface area contributed by atoms with E-state index in [-0.39, 0.29) is 0 Å². The number of hydrogen-bond acceptors (Lipinski definition) is 2. The van der Waals surface area contributed by atoms with Crippen LogP contribution in [0.3, 0.4) is 0 Å². The topological polar surface area (TPSA) is 17.3 Å². The molecule has 0 saturated carbocycles. The largest absolute Gasteiger partial charge is 0.292 e. The Labute approximate surface area is 253 Å². The van der Waals surface area contributed by atoms with Crippen molar-refractivity contribution in [3.63, 3.8) is 0 Å². The van der Waals surface area contributed by atoms with Gasteiger partial charge in [0.15, 0.2) is 0 Å². The number of benzene rings is 7. The van der Waals surface area contributed by atoms with E-state index in [0.29, 0.717) is 0 Å². The molecule has 43 heavy (non-hydrogen) atoms. The van der Waals surface area contributed by atoms with Crippen molar-refractivity contribution in [3.8, 4) is 0 Å².